The Hall–Kier alpha value is -2.01. The highest BCUT2D eigenvalue weighted by Crippen LogP contribution is 2.22. The van der Waals surface area contributed by atoms with Crippen molar-refractivity contribution in [2.75, 3.05) is 6.61 Å². The van der Waals surface area contributed by atoms with Crippen LogP contribution in [0, 0.1) is 0 Å². The molecule has 2 aromatic rings. The SMILES string of the molecule is O=C(CCOc1ccccc1Cl)NCc1cn[nH]c1. The van der Waals surface area contributed by atoms with Gasteiger partial charge in [0.1, 0.15) is 5.75 Å². The quantitative estimate of drug-likeness (QED) is 0.851. The van der Waals surface area contributed by atoms with Gasteiger partial charge in [-0.2, -0.15) is 5.10 Å². The van der Waals surface area contributed by atoms with E-state index in [0.717, 1.165) is 5.56 Å². The number of para-hydroxylation sites is 1. The molecule has 0 fully saturated rings. The predicted octanol–water partition coefficient (Wildman–Crippen LogP) is 2.15. The van der Waals surface area contributed by atoms with Gasteiger partial charge in [-0.25, -0.2) is 0 Å². The Labute approximate surface area is 115 Å². The number of carbonyl (C=O) groups is 1. The first kappa shape index (κ1) is 13.4. The van der Waals surface area contributed by atoms with E-state index in [0.29, 0.717) is 23.9 Å². The number of halogens is 1. The molecule has 0 spiro atoms. The van der Waals surface area contributed by atoms with Gasteiger partial charge in [0.05, 0.1) is 24.2 Å². The average molecular weight is 280 g/mol. The minimum absolute atomic E-state index is 0.0757. The van der Waals surface area contributed by atoms with Gasteiger partial charge in [0.2, 0.25) is 5.91 Å². The Bertz CT molecular complexity index is 528. The second-order valence-corrected chi connectivity index (χ2v) is 4.32. The molecule has 0 aliphatic carbocycles. The minimum atomic E-state index is -0.0757. The number of hydrogen-bond donors (Lipinski definition) is 2. The van der Waals surface area contributed by atoms with Gasteiger partial charge in [0, 0.05) is 18.3 Å². The van der Waals surface area contributed by atoms with Gasteiger partial charge in [-0.1, -0.05) is 23.7 Å². The molecule has 0 radical (unpaired) electrons. The van der Waals surface area contributed by atoms with Crippen LogP contribution in [0.15, 0.2) is 36.7 Å². The van der Waals surface area contributed by atoms with Crippen molar-refractivity contribution in [3.05, 3.63) is 47.2 Å². The maximum atomic E-state index is 11.6. The van der Waals surface area contributed by atoms with Gasteiger partial charge in [-0.15, -0.1) is 0 Å². The highest BCUT2D eigenvalue weighted by atomic mass is 35.5. The van der Waals surface area contributed by atoms with Crippen LogP contribution in [0.4, 0.5) is 0 Å². The molecule has 5 nitrogen and oxygen atoms in total. The van der Waals surface area contributed by atoms with Crippen LogP contribution in [0.25, 0.3) is 0 Å². The van der Waals surface area contributed by atoms with Gasteiger partial charge in [0.15, 0.2) is 0 Å². The molecule has 1 aromatic heterocycles. The molecule has 0 saturated heterocycles. The standard InChI is InChI=1S/C13H14ClN3O2/c14-11-3-1-2-4-12(11)19-6-5-13(18)15-7-10-8-16-17-9-10/h1-4,8-9H,5-7H2,(H,15,18)(H,16,17). The zero-order valence-corrected chi connectivity index (χ0v) is 11.0. The number of nitrogens with one attached hydrogen (secondary N) is 2. The molecule has 0 bridgehead atoms. The first-order valence-corrected chi connectivity index (χ1v) is 6.25. The predicted molar refractivity (Wildman–Crippen MR) is 72.0 cm³/mol. The molecule has 0 aliphatic heterocycles. The van der Waals surface area contributed by atoms with Gasteiger partial charge < -0.3 is 10.1 Å². The van der Waals surface area contributed by atoms with Crippen LogP contribution in [0.2, 0.25) is 5.02 Å². The first-order valence-electron chi connectivity index (χ1n) is 5.87. The summed E-state index contributed by atoms with van der Waals surface area (Å²) >= 11 is 5.93. The van der Waals surface area contributed by atoms with Crippen molar-refractivity contribution in [3.63, 3.8) is 0 Å². The normalized spacial score (nSPS) is 10.2. The average Bonchev–Trinajstić information content (AvgIpc) is 2.92. The van der Waals surface area contributed by atoms with E-state index < -0.39 is 0 Å². The van der Waals surface area contributed by atoms with Crippen LogP contribution in [-0.2, 0) is 11.3 Å². The van der Waals surface area contributed by atoms with E-state index in [1.54, 1.807) is 24.5 Å². The molecule has 2 rings (SSSR count). The zero-order chi connectivity index (χ0) is 13.5. The van der Waals surface area contributed by atoms with Crippen molar-refractivity contribution in [1.29, 1.82) is 0 Å². The number of nitrogens with zero attached hydrogens (tertiary/aromatic N) is 1. The Balaban J connectivity index is 1.68. The molecule has 100 valence electrons. The van der Waals surface area contributed by atoms with Crippen molar-refractivity contribution in [2.45, 2.75) is 13.0 Å². The number of aromatic amines is 1. The van der Waals surface area contributed by atoms with E-state index in [1.165, 1.54) is 0 Å². The summed E-state index contributed by atoms with van der Waals surface area (Å²) in [5.74, 6) is 0.514. The number of amides is 1. The summed E-state index contributed by atoms with van der Waals surface area (Å²) in [6, 6.07) is 7.18. The molecule has 1 heterocycles. The summed E-state index contributed by atoms with van der Waals surface area (Å²) in [5.41, 5.74) is 0.931. The highest BCUT2D eigenvalue weighted by Gasteiger charge is 2.04. The topological polar surface area (TPSA) is 67.0 Å². The summed E-state index contributed by atoms with van der Waals surface area (Å²) in [4.78, 5) is 11.6. The summed E-state index contributed by atoms with van der Waals surface area (Å²) in [6.45, 7) is 0.752. The van der Waals surface area contributed by atoms with E-state index in [2.05, 4.69) is 15.5 Å². The third-order valence-electron chi connectivity index (χ3n) is 2.47. The maximum Gasteiger partial charge on any atom is 0.223 e. The molecule has 0 aliphatic rings. The molecule has 1 aromatic carbocycles. The van der Waals surface area contributed by atoms with Gasteiger partial charge in [-0.05, 0) is 12.1 Å². The molecule has 19 heavy (non-hydrogen) atoms. The van der Waals surface area contributed by atoms with Crippen LogP contribution in [0.1, 0.15) is 12.0 Å². The molecular weight excluding hydrogens is 266 g/mol. The Morgan fingerprint density at radius 1 is 1.42 bits per heavy atom. The summed E-state index contributed by atoms with van der Waals surface area (Å²) in [7, 11) is 0. The van der Waals surface area contributed by atoms with Gasteiger partial charge in [-0.3, -0.25) is 9.89 Å². The summed E-state index contributed by atoms with van der Waals surface area (Å²) in [6.07, 6.45) is 3.68. The Kier molecular flexibility index (Phi) is 4.80. The lowest BCUT2D eigenvalue weighted by molar-refractivity contribution is -0.121. The number of rotatable bonds is 6. The van der Waals surface area contributed by atoms with Gasteiger partial charge >= 0.3 is 0 Å². The molecule has 6 heteroatoms. The molecule has 1 amide bonds. The molecule has 2 N–H and O–H groups in total. The lowest BCUT2D eigenvalue weighted by atomic mass is 10.3. The third-order valence-corrected chi connectivity index (χ3v) is 2.78. The fourth-order valence-corrected chi connectivity index (χ4v) is 1.67. The largest absolute Gasteiger partial charge is 0.491 e. The lowest BCUT2D eigenvalue weighted by Gasteiger charge is -2.07. The first-order chi connectivity index (χ1) is 9.25. The lowest BCUT2D eigenvalue weighted by Crippen LogP contribution is -2.24. The summed E-state index contributed by atoms with van der Waals surface area (Å²) < 4.78 is 5.43. The summed E-state index contributed by atoms with van der Waals surface area (Å²) in [5, 5.41) is 9.80. The second-order valence-electron chi connectivity index (χ2n) is 3.91. The van der Waals surface area contributed by atoms with E-state index in [-0.39, 0.29) is 12.3 Å². The third kappa shape index (κ3) is 4.30. The number of ether oxygens (including phenoxy) is 1. The molecular formula is C13H14ClN3O2. The van der Waals surface area contributed by atoms with Crippen LogP contribution in [0.5, 0.6) is 5.75 Å². The van der Waals surface area contributed by atoms with Gasteiger partial charge in [0.25, 0.3) is 0 Å². The fourth-order valence-electron chi connectivity index (χ4n) is 1.48. The number of aromatic nitrogens is 2. The van der Waals surface area contributed by atoms with Crippen LogP contribution < -0.4 is 10.1 Å². The zero-order valence-electron chi connectivity index (χ0n) is 10.2. The smallest absolute Gasteiger partial charge is 0.223 e. The van der Waals surface area contributed by atoms with E-state index in [4.69, 9.17) is 16.3 Å². The monoisotopic (exact) mass is 279 g/mol. The van der Waals surface area contributed by atoms with Crippen LogP contribution in [-0.4, -0.2) is 22.7 Å². The molecule has 0 atom stereocenters. The molecule has 0 saturated carbocycles. The maximum absolute atomic E-state index is 11.6. The Morgan fingerprint density at radius 3 is 3.00 bits per heavy atom. The van der Waals surface area contributed by atoms with Crippen molar-refractivity contribution >= 4 is 17.5 Å². The van der Waals surface area contributed by atoms with Crippen molar-refractivity contribution in [1.82, 2.24) is 15.5 Å². The number of carbonyl (C=O) groups excluding carboxylic acids is 1. The van der Waals surface area contributed by atoms with Crippen molar-refractivity contribution in [3.8, 4) is 5.75 Å². The van der Waals surface area contributed by atoms with Crippen LogP contribution in [0.3, 0.4) is 0 Å². The van der Waals surface area contributed by atoms with E-state index >= 15 is 0 Å². The molecule has 0 unspecified atom stereocenters. The van der Waals surface area contributed by atoms with Crippen molar-refractivity contribution < 1.29 is 9.53 Å². The number of H-pyrrole nitrogens is 1. The minimum Gasteiger partial charge on any atom is -0.491 e. The van der Waals surface area contributed by atoms with Crippen LogP contribution >= 0.6 is 11.6 Å². The number of benzene rings is 1. The number of hydrogen-bond acceptors (Lipinski definition) is 3. The Morgan fingerprint density at radius 2 is 2.26 bits per heavy atom. The second kappa shape index (κ2) is 6.80. The van der Waals surface area contributed by atoms with Crippen molar-refractivity contribution in [2.24, 2.45) is 0 Å². The highest BCUT2D eigenvalue weighted by molar-refractivity contribution is 6.32. The van der Waals surface area contributed by atoms with E-state index in [1.807, 2.05) is 12.1 Å². The fraction of sp³-hybridized carbons (Fsp3) is 0.231. The van der Waals surface area contributed by atoms with E-state index in [9.17, 15) is 4.79 Å².